The molecule has 3 nitrogen and oxygen atoms in total. The molecule has 0 N–H and O–H groups in total. The molecule has 5 heteroatoms. The predicted molar refractivity (Wildman–Crippen MR) is 97.4 cm³/mol. The molecular formula is C20H23ClFNO2. The van der Waals surface area contributed by atoms with Crippen LogP contribution < -0.4 is 4.74 Å². The molecule has 1 heterocycles. The van der Waals surface area contributed by atoms with Gasteiger partial charge in [-0.25, -0.2) is 4.39 Å². The summed E-state index contributed by atoms with van der Waals surface area (Å²) in [4.78, 5) is 2.29. The standard InChI is InChI=1S/C20H23ClFNO2/c1-20(13-24-14-20)12-23(2)10-15-5-3-6-16(9-15)25-11-17-18(21)7-4-8-19(17)22/h3-9H,10-14H2,1-2H3. The first-order valence-electron chi connectivity index (χ1n) is 8.36. The maximum Gasteiger partial charge on any atom is 0.131 e. The van der Waals surface area contributed by atoms with E-state index in [4.69, 9.17) is 21.1 Å². The average Bonchev–Trinajstić information content (AvgIpc) is 2.53. The van der Waals surface area contributed by atoms with Crippen molar-refractivity contribution in [3.63, 3.8) is 0 Å². The number of hydrogen-bond donors (Lipinski definition) is 0. The Bertz CT molecular complexity index is 713. The topological polar surface area (TPSA) is 21.7 Å². The van der Waals surface area contributed by atoms with Gasteiger partial charge in [0.25, 0.3) is 0 Å². The third kappa shape index (κ3) is 4.72. The van der Waals surface area contributed by atoms with Crippen molar-refractivity contribution in [1.29, 1.82) is 0 Å². The zero-order valence-electron chi connectivity index (χ0n) is 14.6. The number of rotatable bonds is 7. The lowest BCUT2D eigenvalue weighted by Crippen LogP contribution is -2.47. The van der Waals surface area contributed by atoms with Gasteiger partial charge in [0.05, 0.1) is 18.2 Å². The summed E-state index contributed by atoms with van der Waals surface area (Å²) in [5.41, 5.74) is 1.79. The van der Waals surface area contributed by atoms with Crippen LogP contribution in [0, 0.1) is 11.2 Å². The molecule has 2 aromatic carbocycles. The molecule has 0 aromatic heterocycles. The van der Waals surface area contributed by atoms with E-state index in [9.17, 15) is 4.39 Å². The molecule has 0 bridgehead atoms. The van der Waals surface area contributed by atoms with E-state index >= 15 is 0 Å². The van der Waals surface area contributed by atoms with Gasteiger partial charge in [-0.2, -0.15) is 0 Å². The van der Waals surface area contributed by atoms with Crippen LogP contribution in [0.15, 0.2) is 42.5 Å². The molecule has 0 amide bonds. The second-order valence-electron chi connectivity index (χ2n) is 7.11. The third-order valence-electron chi connectivity index (χ3n) is 4.35. The van der Waals surface area contributed by atoms with Gasteiger partial charge in [-0.15, -0.1) is 0 Å². The van der Waals surface area contributed by atoms with Gasteiger partial charge in [0.15, 0.2) is 0 Å². The van der Waals surface area contributed by atoms with Gasteiger partial charge in [-0.3, -0.25) is 0 Å². The Kier molecular flexibility index (Phi) is 5.62. The minimum absolute atomic E-state index is 0.111. The van der Waals surface area contributed by atoms with Crippen molar-refractivity contribution in [2.75, 3.05) is 26.8 Å². The second-order valence-corrected chi connectivity index (χ2v) is 7.52. The molecule has 0 unspecified atom stereocenters. The number of halogens is 2. The summed E-state index contributed by atoms with van der Waals surface area (Å²) in [6.45, 7) is 5.81. The van der Waals surface area contributed by atoms with E-state index in [1.54, 1.807) is 12.1 Å². The van der Waals surface area contributed by atoms with Crippen LogP contribution in [0.25, 0.3) is 0 Å². The number of nitrogens with zero attached hydrogens (tertiary/aromatic N) is 1. The molecular weight excluding hydrogens is 341 g/mol. The van der Waals surface area contributed by atoms with Crippen molar-refractivity contribution in [3.8, 4) is 5.75 Å². The van der Waals surface area contributed by atoms with Crippen molar-refractivity contribution in [2.24, 2.45) is 5.41 Å². The zero-order valence-corrected chi connectivity index (χ0v) is 15.4. The van der Waals surface area contributed by atoms with Crippen LogP contribution in [0.3, 0.4) is 0 Å². The van der Waals surface area contributed by atoms with E-state index in [2.05, 4.69) is 24.9 Å². The predicted octanol–water partition coefficient (Wildman–Crippen LogP) is 4.53. The summed E-state index contributed by atoms with van der Waals surface area (Å²) in [6.07, 6.45) is 0. The molecule has 1 aliphatic heterocycles. The van der Waals surface area contributed by atoms with Crippen LogP contribution in [-0.2, 0) is 17.9 Å². The monoisotopic (exact) mass is 363 g/mol. The quantitative estimate of drug-likeness (QED) is 0.721. The Morgan fingerprint density at radius 3 is 2.68 bits per heavy atom. The summed E-state index contributed by atoms with van der Waals surface area (Å²) in [7, 11) is 2.11. The molecule has 3 rings (SSSR count). The van der Waals surface area contributed by atoms with Crippen LogP contribution in [0.5, 0.6) is 5.75 Å². The second kappa shape index (κ2) is 7.73. The molecule has 0 aliphatic carbocycles. The third-order valence-corrected chi connectivity index (χ3v) is 4.70. The highest BCUT2D eigenvalue weighted by Gasteiger charge is 2.34. The minimum Gasteiger partial charge on any atom is -0.489 e. The summed E-state index contributed by atoms with van der Waals surface area (Å²) < 4.78 is 24.9. The maximum atomic E-state index is 13.8. The van der Waals surface area contributed by atoms with Crippen molar-refractivity contribution < 1.29 is 13.9 Å². The normalized spacial score (nSPS) is 15.9. The fourth-order valence-corrected chi connectivity index (χ4v) is 3.34. The van der Waals surface area contributed by atoms with Crippen molar-refractivity contribution in [3.05, 3.63) is 64.4 Å². The van der Waals surface area contributed by atoms with Gasteiger partial charge in [0, 0.05) is 24.1 Å². The Morgan fingerprint density at radius 2 is 2.00 bits per heavy atom. The summed E-state index contributed by atoms with van der Waals surface area (Å²) >= 11 is 6.04. The molecule has 0 atom stereocenters. The van der Waals surface area contributed by atoms with Crippen LogP contribution in [0.4, 0.5) is 4.39 Å². The maximum absolute atomic E-state index is 13.8. The van der Waals surface area contributed by atoms with Gasteiger partial charge in [0.1, 0.15) is 18.2 Å². The highest BCUT2D eigenvalue weighted by Crippen LogP contribution is 2.28. The lowest BCUT2D eigenvalue weighted by atomic mass is 9.88. The number of benzene rings is 2. The lowest BCUT2D eigenvalue weighted by Gasteiger charge is -2.40. The first-order valence-corrected chi connectivity index (χ1v) is 8.74. The zero-order chi connectivity index (χ0) is 17.9. The Morgan fingerprint density at radius 1 is 1.24 bits per heavy atom. The highest BCUT2D eigenvalue weighted by molar-refractivity contribution is 6.31. The fourth-order valence-electron chi connectivity index (χ4n) is 3.12. The summed E-state index contributed by atoms with van der Waals surface area (Å²) in [5.74, 6) is 0.364. The van der Waals surface area contributed by atoms with Crippen LogP contribution >= 0.6 is 11.6 Å². The Balaban J connectivity index is 1.59. The molecule has 134 valence electrons. The minimum atomic E-state index is -0.348. The van der Waals surface area contributed by atoms with Crippen molar-refractivity contribution >= 4 is 11.6 Å². The average molecular weight is 364 g/mol. The van der Waals surface area contributed by atoms with E-state index in [0.717, 1.165) is 31.9 Å². The molecule has 0 spiro atoms. The number of hydrogen-bond acceptors (Lipinski definition) is 3. The molecule has 1 fully saturated rings. The van der Waals surface area contributed by atoms with Gasteiger partial charge < -0.3 is 14.4 Å². The molecule has 0 radical (unpaired) electrons. The van der Waals surface area contributed by atoms with Crippen molar-refractivity contribution in [2.45, 2.75) is 20.1 Å². The molecule has 0 saturated carbocycles. The smallest absolute Gasteiger partial charge is 0.131 e. The SMILES string of the molecule is CN(Cc1cccc(OCc2c(F)cccc2Cl)c1)CC1(C)COC1. The van der Waals surface area contributed by atoms with E-state index in [1.807, 2.05) is 18.2 Å². The largest absolute Gasteiger partial charge is 0.489 e. The van der Waals surface area contributed by atoms with Crippen molar-refractivity contribution in [1.82, 2.24) is 4.90 Å². The van der Waals surface area contributed by atoms with Crippen LogP contribution in [0.2, 0.25) is 5.02 Å². The van der Waals surface area contributed by atoms with E-state index < -0.39 is 0 Å². The van der Waals surface area contributed by atoms with E-state index in [1.165, 1.54) is 6.07 Å². The fraction of sp³-hybridized carbons (Fsp3) is 0.400. The Hall–Kier alpha value is -1.62. The number of ether oxygens (including phenoxy) is 2. The van der Waals surface area contributed by atoms with Gasteiger partial charge in [-0.1, -0.05) is 36.7 Å². The molecule has 1 saturated heterocycles. The van der Waals surface area contributed by atoms with Crippen LogP contribution in [0.1, 0.15) is 18.1 Å². The van der Waals surface area contributed by atoms with Gasteiger partial charge in [0.2, 0.25) is 0 Å². The van der Waals surface area contributed by atoms with E-state index in [-0.39, 0.29) is 17.8 Å². The molecule has 25 heavy (non-hydrogen) atoms. The van der Waals surface area contributed by atoms with E-state index in [0.29, 0.717) is 16.3 Å². The lowest BCUT2D eigenvalue weighted by molar-refractivity contribution is -0.113. The first kappa shape index (κ1) is 18.2. The highest BCUT2D eigenvalue weighted by atomic mass is 35.5. The summed E-state index contributed by atoms with van der Waals surface area (Å²) in [6, 6.07) is 12.5. The first-order chi connectivity index (χ1) is 12.0. The Labute approximate surface area is 153 Å². The summed E-state index contributed by atoms with van der Waals surface area (Å²) in [5, 5.41) is 0.381. The van der Waals surface area contributed by atoms with Crippen LogP contribution in [-0.4, -0.2) is 31.7 Å². The molecule has 2 aromatic rings. The van der Waals surface area contributed by atoms with Gasteiger partial charge >= 0.3 is 0 Å². The molecule has 1 aliphatic rings. The van der Waals surface area contributed by atoms with Gasteiger partial charge in [-0.05, 0) is 36.9 Å².